The Bertz CT molecular complexity index is 3620. The number of phosphoric acid groups is 5. The van der Waals surface area contributed by atoms with Crippen molar-refractivity contribution in [2.45, 2.75) is 73.9 Å². The number of aryl methyl sites for hydroxylation is 1. The van der Waals surface area contributed by atoms with Crippen LogP contribution in [0.5, 0.6) is 0 Å². The third-order valence-corrected chi connectivity index (χ3v) is 19.1. The van der Waals surface area contributed by atoms with Gasteiger partial charge in [-0.2, -0.15) is 12.9 Å². The molecule has 448 valence electrons. The standard InChI is InChI=1S/C35H50N13O28P5/c1-44(2)19(50)7-14-15(70-31(22(14)51)48-13-45(3)21-29(48)42-34(37)43-30(21)54)8-68-78(58,59)74-80(62,63)76-81(64,65)75-79(60,61)69-10-17-25(26(66-4)33(72-17)47-12-40-20-27(36)38-11-39-28(20)47)73-77(56,57)67-9-16-23(52)24(53)32(71-16)46-6-5-18(49)41-35(46)55/h5-6,11-17,22-26,31-33,51-53H,7-10H2,1-4H3,(H10-,36,37,38,39,41,42,43,49,54,55,56,57,58,59,60,61,62,63,64,65)/p+1/t14-,15-,16-,17-,22-,23-,24-,25-,26-,31?,32-,33-/m1/s1. The molecule has 5 aromatic rings. The Morgan fingerprint density at radius 2 is 1.37 bits per heavy atom. The second kappa shape index (κ2) is 23.6. The van der Waals surface area contributed by atoms with Crippen molar-refractivity contribution < 1.29 is 122 Å². The Kier molecular flexibility index (Phi) is 18.1. The Morgan fingerprint density at radius 3 is 2.00 bits per heavy atom. The molecule has 17 atom stereocenters. The lowest BCUT2D eigenvalue weighted by Gasteiger charge is -2.26. The molecule has 3 saturated heterocycles. The number of aromatic nitrogens is 10. The largest absolute Gasteiger partial charge is 0.490 e. The van der Waals surface area contributed by atoms with Crippen LogP contribution in [0.25, 0.3) is 22.3 Å². The minimum atomic E-state index is -6.47. The molecule has 0 bridgehead atoms. The van der Waals surface area contributed by atoms with Gasteiger partial charge in [0.1, 0.15) is 54.6 Å². The van der Waals surface area contributed by atoms with Gasteiger partial charge in [-0.3, -0.25) is 56.1 Å². The number of phosphoric ester groups is 3. The summed E-state index contributed by atoms with van der Waals surface area (Å²) < 4.78 is 125. The van der Waals surface area contributed by atoms with Crippen LogP contribution in [0.1, 0.15) is 25.1 Å². The number of imidazole rings is 2. The average Bonchev–Trinajstić information content (AvgIpc) is 4.34. The normalized spacial score (nSPS) is 29.7. The molecule has 0 saturated carbocycles. The molecule has 0 radical (unpaired) electrons. The van der Waals surface area contributed by atoms with E-state index in [9.17, 15) is 81.8 Å². The summed E-state index contributed by atoms with van der Waals surface area (Å²) in [5.41, 5.74) is 8.92. The van der Waals surface area contributed by atoms with E-state index in [4.69, 9.17) is 48.5 Å². The first-order valence-electron chi connectivity index (χ1n) is 22.8. The third-order valence-electron chi connectivity index (χ3n) is 12.3. The number of hydrogen-bond donors (Lipinski definition) is 12. The minimum Gasteiger partial charge on any atom is -0.387 e. The van der Waals surface area contributed by atoms with Gasteiger partial charge in [0.25, 0.3) is 17.1 Å². The van der Waals surface area contributed by atoms with Crippen molar-refractivity contribution in [1.29, 1.82) is 0 Å². The van der Waals surface area contributed by atoms with Crippen LogP contribution in [0.3, 0.4) is 0 Å². The Balaban J connectivity index is 0.932. The first-order chi connectivity index (χ1) is 37.7. The molecule has 41 nitrogen and oxygen atoms in total. The number of nitrogens with two attached hydrogens (primary N) is 2. The van der Waals surface area contributed by atoms with Crippen molar-refractivity contribution in [2.75, 3.05) is 52.5 Å². The number of methoxy groups -OCH3 is 1. The molecule has 0 aromatic carbocycles. The van der Waals surface area contributed by atoms with E-state index in [-0.39, 0.29) is 34.1 Å². The highest BCUT2D eigenvalue weighted by molar-refractivity contribution is 7.69. The van der Waals surface area contributed by atoms with E-state index in [0.29, 0.717) is 4.57 Å². The SMILES string of the molecule is CO[C@@H]1[C@H](OP(=O)(O)OC[C@H]2O[C@@H](n3ccc(=O)[nH]c3=O)[C@H](O)[C@@H]2O)[C@@H](COP(=O)(O)OP(=O)(O)OP(=O)(O)OP(=O)(O)OC[C@H]2OC([n+]3cn(C)c4c(=O)[nH]c(N)nc43)[C@H](O)[C@@H]2CC(=O)N(C)C)O[C@H]1n1cnc2c(N)ncnc21. The van der Waals surface area contributed by atoms with Crippen LogP contribution >= 0.6 is 39.1 Å². The fourth-order valence-corrected chi connectivity index (χ4v) is 14.6. The number of nitrogens with zero attached hydrogens (tertiary/aromatic N) is 9. The first-order valence-corrected chi connectivity index (χ1v) is 30.3. The monoisotopic (exact) mass is 1260 g/mol. The highest BCUT2D eigenvalue weighted by Crippen LogP contribution is 2.71. The highest BCUT2D eigenvalue weighted by atomic mass is 31.3. The number of aliphatic hydroxyl groups is 3. The predicted molar refractivity (Wildman–Crippen MR) is 259 cm³/mol. The smallest absolute Gasteiger partial charge is 0.387 e. The summed E-state index contributed by atoms with van der Waals surface area (Å²) in [5, 5.41) is 32.7. The molecule has 14 N–H and O–H groups in total. The lowest BCUT2D eigenvalue weighted by molar-refractivity contribution is -0.745. The molecule has 8 rings (SSSR count). The lowest BCUT2D eigenvalue weighted by Crippen LogP contribution is -2.45. The summed E-state index contributed by atoms with van der Waals surface area (Å²) in [4.78, 5) is 124. The highest BCUT2D eigenvalue weighted by Gasteiger charge is 2.54. The van der Waals surface area contributed by atoms with E-state index in [2.05, 4.69) is 37.9 Å². The summed E-state index contributed by atoms with van der Waals surface area (Å²) in [6.07, 6.45) is -15.0. The average molecular weight is 1260 g/mol. The maximum Gasteiger partial charge on any atom is 0.490 e. The van der Waals surface area contributed by atoms with Crippen molar-refractivity contribution >= 4 is 79.1 Å². The zero-order valence-electron chi connectivity index (χ0n) is 41.8. The second-order valence-electron chi connectivity index (χ2n) is 17.9. The van der Waals surface area contributed by atoms with E-state index in [1.807, 2.05) is 4.98 Å². The topological polar surface area (TPSA) is 574 Å². The molecule has 6 unspecified atom stereocenters. The number of nitrogens with one attached hydrogen (secondary N) is 2. The maximum absolute atomic E-state index is 13.6. The van der Waals surface area contributed by atoms with Gasteiger partial charge in [0.2, 0.25) is 17.7 Å². The van der Waals surface area contributed by atoms with E-state index >= 15 is 0 Å². The molecule has 3 aliphatic heterocycles. The van der Waals surface area contributed by atoms with Gasteiger partial charge >= 0.3 is 50.5 Å². The number of ether oxygens (including phenoxy) is 4. The van der Waals surface area contributed by atoms with Crippen LogP contribution < -0.4 is 32.8 Å². The van der Waals surface area contributed by atoms with Gasteiger partial charge in [-0.15, -0.1) is 0 Å². The van der Waals surface area contributed by atoms with Gasteiger partial charge in [-0.25, -0.2) is 47.1 Å². The van der Waals surface area contributed by atoms with Crippen molar-refractivity contribution in [1.82, 2.24) is 48.5 Å². The summed E-state index contributed by atoms with van der Waals surface area (Å²) in [6, 6.07) is 0.904. The first kappa shape index (κ1) is 62.1. The molecule has 81 heavy (non-hydrogen) atoms. The van der Waals surface area contributed by atoms with Crippen LogP contribution in [0.15, 0.2) is 45.6 Å². The molecule has 3 aliphatic rings. The van der Waals surface area contributed by atoms with Gasteiger partial charge in [0.05, 0.1) is 39.3 Å². The Morgan fingerprint density at radius 1 is 0.765 bits per heavy atom. The van der Waals surface area contributed by atoms with Gasteiger partial charge in [0, 0.05) is 45.8 Å². The fourth-order valence-electron chi connectivity index (χ4n) is 8.66. The zero-order valence-corrected chi connectivity index (χ0v) is 46.3. The molecule has 1 amide bonds. The molecule has 0 aliphatic carbocycles. The molecule has 3 fully saturated rings. The van der Waals surface area contributed by atoms with E-state index in [1.54, 1.807) is 0 Å². The van der Waals surface area contributed by atoms with Crippen LogP contribution in [0, 0.1) is 5.92 Å². The quantitative estimate of drug-likeness (QED) is 0.0219. The summed E-state index contributed by atoms with van der Waals surface area (Å²) in [7, 11) is -25.3. The van der Waals surface area contributed by atoms with Crippen molar-refractivity contribution in [3.8, 4) is 0 Å². The predicted octanol–water partition coefficient (Wildman–Crippen LogP) is -4.03. The summed E-state index contributed by atoms with van der Waals surface area (Å²) in [6.45, 7) is -3.55. The van der Waals surface area contributed by atoms with Crippen molar-refractivity contribution in [3.63, 3.8) is 0 Å². The van der Waals surface area contributed by atoms with Gasteiger partial charge in [-0.1, -0.05) is 4.98 Å². The summed E-state index contributed by atoms with van der Waals surface area (Å²) in [5.74, 6) is -2.34. The fraction of sp³-hybridized carbons (Fsp3) is 0.571. The number of carbonyl (C=O) groups excluding carboxylic acids is 1. The molecule has 8 heterocycles. The van der Waals surface area contributed by atoms with Crippen LogP contribution in [0.2, 0.25) is 0 Å². The van der Waals surface area contributed by atoms with Crippen LogP contribution in [-0.2, 0) is 84.6 Å². The number of nitrogen functional groups attached to an aromatic ring is 2. The van der Waals surface area contributed by atoms with Crippen molar-refractivity contribution in [3.05, 3.63) is 62.4 Å². The molecule has 0 spiro atoms. The van der Waals surface area contributed by atoms with E-state index in [0.717, 1.165) is 41.5 Å². The number of amides is 1. The third kappa shape index (κ3) is 13.8. The van der Waals surface area contributed by atoms with E-state index < -0.39 is 162 Å². The van der Waals surface area contributed by atoms with Gasteiger partial charge in [-0.05, 0) is 0 Å². The number of aliphatic hydroxyl groups excluding tert-OH is 3. The second-order valence-corrected chi connectivity index (χ2v) is 25.6. The lowest BCUT2D eigenvalue weighted by atomic mass is 9.94. The van der Waals surface area contributed by atoms with Gasteiger partial charge < -0.3 is 75.1 Å². The number of rotatable bonds is 23. The number of anilines is 2. The molecule has 5 aromatic heterocycles. The number of fused-ring (bicyclic) bond motifs is 2. The van der Waals surface area contributed by atoms with Gasteiger partial charge in [0.15, 0.2) is 30.2 Å². The number of H-pyrrole nitrogens is 2. The van der Waals surface area contributed by atoms with Crippen LogP contribution in [-0.4, -0.2) is 184 Å². The van der Waals surface area contributed by atoms with Crippen molar-refractivity contribution in [2.24, 2.45) is 13.0 Å². The Labute approximate surface area is 450 Å². The minimum absolute atomic E-state index is 0.00466. The number of aromatic amines is 2. The zero-order chi connectivity index (χ0) is 59.5. The number of hydrogen-bond acceptors (Lipinski definition) is 29. The number of carbonyl (C=O) groups is 1. The Hall–Kier alpha value is -4.96. The molecule has 46 heteroatoms. The molecular weight excluding hydrogens is 1210 g/mol. The van der Waals surface area contributed by atoms with E-state index in [1.165, 1.54) is 36.6 Å². The maximum atomic E-state index is 13.6. The summed E-state index contributed by atoms with van der Waals surface area (Å²) >= 11 is 0. The van der Waals surface area contributed by atoms with Crippen LogP contribution in [0.4, 0.5) is 11.8 Å². The molecular formula is C35H51N13O28P5+.